The van der Waals surface area contributed by atoms with E-state index in [-0.39, 0.29) is 29.9 Å². The molecule has 1 aliphatic heterocycles. The third-order valence-corrected chi connectivity index (χ3v) is 5.21. The van der Waals surface area contributed by atoms with Gasteiger partial charge in [0, 0.05) is 45.3 Å². The number of aliphatic imine (C=N–C) groups is 1. The molecule has 0 aliphatic carbocycles. The number of carbonyl (C=O) groups excluding carboxylic acids is 1. The number of carbonyl (C=O) groups is 1. The molecule has 2 rings (SSSR count). The molecular weight excluding hydrogens is 477 g/mol. The molecule has 164 valence electrons. The summed E-state index contributed by atoms with van der Waals surface area (Å²) in [7, 11) is 3.53. The molecule has 0 saturated carbocycles. The fourth-order valence-corrected chi connectivity index (χ4v) is 3.50. The summed E-state index contributed by atoms with van der Waals surface area (Å²) in [5.74, 6) is 1.54. The Balaban J connectivity index is 0.00000420. The second-order valence-electron chi connectivity index (χ2n) is 8.07. The van der Waals surface area contributed by atoms with Crippen LogP contribution in [0.15, 0.2) is 29.3 Å². The van der Waals surface area contributed by atoms with Gasteiger partial charge in [-0.25, -0.2) is 4.99 Å². The first kappa shape index (κ1) is 25.7. The number of guanidine groups is 1. The van der Waals surface area contributed by atoms with Gasteiger partial charge in [-0.2, -0.15) is 0 Å². The standard InChI is InChI=1S/C22H37N5O.HI/c1-6-23-22(25-15-19-8-7-13-27(16-19)17(2)3)24-14-18-9-11-20(12-10-18)21(28)26(4)5;/h9-12,17,19H,6-8,13-16H2,1-5H3,(H2,23,24,25);1H. The molecule has 1 aliphatic rings. The normalized spacial score (nSPS) is 17.6. The molecule has 2 N–H and O–H groups in total. The monoisotopic (exact) mass is 515 g/mol. The summed E-state index contributed by atoms with van der Waals surface area (Å²) in [6.45, 7) is 11.4. The second kappa shape index (κ2) is 13.1. The summed E-state index contributed by atoms with van der Waals surface area (Å²) < 4.78 is 0. The van der Waals surface area contributed by atoms with Crippen molar-refractivity contribution in [1.29, 1.82) is 0 Å². The van der Waals surface area contributed by atoms with Crippen LogP contribution in [0.5, 0.6) is 0 Å². The van der Waals surface area contributed by atoms with Crippen LogP contribution >= 0.6 is 24.0 Å². The molecule has 0 bridgehead atoms. The summed E-state index contributed by atoms with van der Waals surface area (Å²) in [5.41, 5.74) is 1.80. The summed E-state index contributed by atoms with van der Waals surface area (Å²) in [4.78, 5) is 20.9. The Morgan fingerprint density at radius 2 is 1.93 bits per heavy atom. The highest BCUT2D eigenvalue weighted by Gasteiger charge is 2.21. The third kappa shape index (κ3) is 8.50. The number of piperidine rings is 1. The second-order valence-corrected chi connectivity index (χ2v) is 8.07. The van der Waals surface area contributed by atoms with Gasteiger partial charge in [-0.05, 0) is 63.8 Å². The van der Waals surface area contributed by atoms with E-state index in [9.17, 15) is 4.79 Å². The Morgan fingerprint density at radius 1 is 1.24 bits per heavy atom. The van der Waals surface area contributed by atoms with Crippen molar-refractivity contribution in [3.63, 3.8) is 0 Å². The van der Waals surface area contributed by atoms with Gasteiger partial charge in [-0.15, -0.1) is 24.0 Å². The van der Waals surface area contributed by atoms with E-state index in [1.807, 2.05) is 24.3 Å². The number of hydrogen-bond donors (Lipinski definition) is 2. The minimum Gasteiger partial charge on any atom is -0.357 e. The molecule has 0 radical (unpaired) electrons. The Hall–Kier alpha value is -1.35. The molecule has 1 fully saturated rings. The van der Waals surface area contributed by atoms with E-state index in [2.05, 4.69) is 36.3 Å². The molecule has 7 heteroatoms. The van der Waals surface area contributed by atoms with Gasteiger partial charge in [0.1, 0.15) is 0 Å². The number of nitrogens with one attached hydrogen (secondary N) is 2. The molecule has 6 nitrogen and oxygen atoms in total. The van der Waals surface area contributed by atoms with Crippen molar-refractivity contribution in [2.24, 2.45) is 10.9 Å². The molecule has 29 heavy (non-hydrogen) atoms. The number of halogens is 1. The van der Waals surface area contributed by atoms with Gasteiger partial charge in [0.15, 0.2) is 5.96 Å². The summed E-state index contributed by atoms with van der Waals surface area (Å²) in [6, 6.07) is 8.32. The zero-order valence-electron chi connectivity index (χ0n) is 18.6. The van der Waals surface area contributed by atoms with E-state index in [0.29, 0.717) is 24.1 Å². The van der Waals surface area contributed by atoms with E-state index in [1.165, 1.54) is 19.4 Å². The van der Waals surface area contributed by atoms with Crippen LogP contribution in [-0.2, 0) is 6.54 Å². The summed E-state index contributed by atoms with van der Waals surface area (Å²) in [6.07, 6.45) is 2.55. The number of rotatable bonds is 7. The highest BCUT2D eigenvalue weighted by atomic mass is 127. The number of amides is 1. The Kier molecular flexibility index (Phi) is 11.6. The molecule has 1 aromatic rings. The van der Waals surface area contributed by atoms with Gasteiger partial charge in [-0.3, -0.25) is 4.79 Å². The SMILES string of the molecule is CCNC(=NCc1ccc(C(=O)N(C)C)cc1)NCC1CCCN(C(C)C)C1.I. The van der Waals surface area contributed by atoms with Gasteiger partial charge in [0.05, 0.1) is 6.54 Å². The largest absolute Gasteiger partial charge is 0.357 e. The first-order valence-electron chi connectivity index (χ1n) is 10.5. The van der Waals surface area contributed by atoms with Gasteiger partial charge < -0.3 is 20.4 Å². The van der Waals surface area contributed by atoms with E-state index in [4.69, 9.17) is 4.99 Å². The zero-order valence-corrected chi connectivity index (χ0v) is 20.9. The fourth-order valence-electron chi connectivity index (χ4n) is 3.50. The minimum atomic E-state index is 0. The number of nitrogens with zero attached hydrogens (tertiary/aromatic N) is 3. The van der Waals surface area contributed by atoms with Crippen molar-refractivity contribution in [1.82, 2.24) is 20.4 Å². The maximum atomic E-state index is 12.0. The lowest BCUT2D eigenvalue weighted by Crippen LogP contribution is -2.46. The molecule has 1 atom stereocenters. The lowest BCUT2D eigenvalue weighted by Gasteiger charge is -2.35. The quantitative estimate of drug-likeness (QED) is 0.333. The van der Waals surface area contributed by atoms with Gasteiger partial charge in [0.2, 0.25) is 0 Å². The zero-order chi connectivity index (χ0) is 20.5. The van der Waals surface area contributed by atoms with Crippen molar-refractivity contribution >= 4 is 35.8 Å². The highest BCUT2D eigenvalue weighted by molar-refractivity contribution is 14.0. The van der Waals surface area contributed by atoms with E-state index >= 15 is 0 Å². The van der Waals surface area contributed by atoms with Gasteiger partial charge in [0.25, 0.3) is 5.91 Å². The van der Waals surface area contributed by atoms with Gasteiger partial charge >= 0.3 is 0 Å². The van der Waals surface area contributed by atoms with Crippen LogP contribution in [0.25, 0.3) is 0 Å². The molecular formula is C22H38IN5O. The molecule has 1 aromatic carbocycles. The van der Waals surface area contributed by atoms with Crippen LogP contribution in [-0.4, -0.2) is 68.0 Å². The fraction of sp³-hybridized carbons (Fsp3) is 0.636. The maximum absolute atomic E-state index is 12.0. The lowest BCUT2D eigenvalue weighted by molar-refractivity contribution is 0.0827. The first-order chi connectivity index (χ1) is 13.4. The van der Waals surface area contributed by atoms with Gasteiger partial charge in [-0.1, -0.05) is 12.1 Å². The molecule has 0 aromatic heterocycles. The third-order valence-electron chi connectivity index (χ3n) is 5.21. The van der Waals surface area contributed by atoms with E-state index < -0.39 is 0 Å². The molecule has 1 amide bonds. The summed E-state index contributed by atoms with van der Waals surface area (Å²) in [5, 5.41) is 6.85. The predicted molar refractivity (Wildman–Crippen MR) is 132 cm³/mol. The van der Waals surface area contributed by atoms with E-state index in [0.717, 1.165) is 31.2 Å². The Labute approximate surface area is 193 Å². The van der Waals surface area contributed by atoms with Crippen LogP contribution in [0.1, 0.15) is 49.5 Å². The number of hydrogen-bond acceptors (Lipinski definition) is 3. The van der Waals surface area contributed by atoms with Crippen LogP contribution in [0, 0.1) is 5.92 Å². The van der Waals surface area contributed by atoms with Crippen molar-refractivity contribution in [2.75, 3.05) is 40.3 Å². The molecule has 1 heterocycles. The van der Waals surface area contributed by atoms with Crippen LogP contribution in [0.4, 0.5) is 0 Å². The van der Waals surface area contributed by atoms with Crippen molar-refractivity contribution < 1.29 is 4.79 Å². The maximum Gasteiger partial charge on any atom is 0.253 e. The van der Waals surface area contributed by atoms with Crippen molar-refractivity contribution in [3.05, 3.63) is 35.4 Å². The average molecular weight is 515 g/mol. The lowest BCUT2D eigenvalue weighted by atomic mass is 9.97. The molecule has 1 saturated heterocycles. The minimum absolute atomic E-state index is 0. The smallest absolute Gasteiger partial charge is 0.253 e. The topological polar surface area (TPSA) is 60.0 Å². The van der Waals surface area contributed by atoms with Crippen molar-refractivity contribution in [3.8, 4) is 0 Å². The first-order valence-corrected chi connectivity index (χ1v) is 10.5. The van der Waals surface area contributed by atoms with E-state index in [1.54, 1.807) is 19.0 Å². The van der Waals surface area contributed by atoms with Crippen molar-refractivity contribution in [2.45, 2.75) is 46.2 Å². The number of benzene rings is 1. The predicted octanol–water partition coefficient (Wildman–Crippen LogP) is 3.18. The van der Waals surface area contributed by atoms with Crippen LogP contribution < -0.4 is 10.6 Å². The molecule has 0 spiro atoms. The average Bonchev–Trinajstić information content (AvgIpc) is 2.70. The van der Waals surface area contributed by atoms with Crippen LogP contribution in [0.3, 0.4) is 0 Å². The Bertz CT molecular complexity index is 645. The molecule has 1 unspecified atom stereocenters. The summed E-state index contributed by atoms with van der Waals surface area (Å²) >= 11 is 0. The van der Waals surface area contributed by atoms with Crippen LogP contribution in [0.2, 0.25) is 0 Å². The number of likely N-dealkylation sites (tertiary alicyclic amines) is 1. The Morgan fingerprint density at radius 3 is 2.52 bits per heavy atom. The highest BCUT2D eigenvalue weighted by Crippen LogP contribution is 2.17.